The van der Waals surface area contributed by atoms with Gasteiger partial charge in [0, 0.05) is 25.0 Å². The molecule has 0 aliphatic heterocycles. The van der Waals surface area contributed by atoms with E-state index in [-0.39, 0.29) is 17.4 Å². The number of carbonyl (C=O) groups excluding carboxylic acids is 1. The highest BCUT2D eigenvalue weighted by molar-refractivity contribution is 5.78. The van der Waals surface area contributed by atoms with Crippen molar-refractivity contribution in [3.05, 3.63) is 35.9 Å². The summed E-state index contributed by atoms with van der Waals surface area (Å²) in [5.74, 6) is 0.138. The fourth-order valence-corrected chi connectivity index (χ4v) is 1.89. The topological polar surface area (TPSA) is 32.3 Å². The second-order valence-electron chi connectivity index (χ2n) is 5.95. The first-order valence-corrected chi connectivity index (χ1v) is 6.86. The van der Waals surface area contributed by atoms with Crippen molar-refractivity contribution < 1.29 is 4.79 Å². The molecule has 3 nitrogen and oxygen atoms in total. The number of nitrogens with one attached hydrogen (secondary N) is 1. The lowest BCUT2D eigenvalue weighted by atomic mass is 9.84. The van der Waals surface area contributed by atoms with Crippen molar-refractivity contribution in [1.29, 1.82) is 0 Å². The quantitative estimate of drug-likeness (QED) is 0.854. The van der Waals surface area contributed by atoms with Gasteiger partial charge in [0.15, 0.2) is 0 Å². The van der Waals surface area contributed by atoms with Crippen LogP contribution in [-0.2, 0) is 10.2 Å². The number of hydrogen-bond donors (Lipinski definition) is 1. The molecule has 0 atom stereocenters. The van der Waals surface area contributed by atoms with Crippen molar-refractivity contribution in [2.24, 2.45) is 0 Å². The third-order valence-electron chi connectivity index (χ3n) is 3.57. The number of hydrogen-bond acceptors (Lipinski definition) is 2. The predicted octanol–water partition coefficient (Wildman–Crippen LogP) is 2.42. The summed E-state index contributed by atoms with van der Waals surface area (Å²) >= 11 is 0. The smallest absolute Gasteiger partial charge is 0.236 e. The largest absolute Gasteiger partial charge is 0.342 e. The summed E-state index contributed by atoms with van der Waals surface area (Å²) in [4.78, 5) is 13.6. The summed E-state index contributed by atoms with van der Waals surface area (Å²) in [5.41, 5.74) is 1.31. The molecule has 3 heteroatoms. The Kier molecular flexibility index (Phi) is 5.55. The highest BCUT2D eigenvalue weighted by Gasteiger charge is 2.20. The number of benzene rings is 1. The molecule has 0 unspecified atom stereocenters. The molecule has 0 radical (unpaired) electrons. The van der Waals surface area contributed by atoms with Gasteiger partial charge in [-0.25, -0.2) is 0 Å². The zero-order valence-electron chi connectivity index (χ0n) is 12.7. The summed E-state index contributed by atoms with van der Waals surface area (Å²) in [7, 11) is 1.84. The maximum Gasteiger partial charge on any atom is 0.236 e. The van der Waals surface area contributed by atoms with Crippen LogP contribution in [0.5, 0.6) is 0 Å². The molecule has 0 bridgehead atoms. The minimum atomic E-state index is 0.0257. The van der Waals surface area contributed by atoms with Crippen LogP contribution in [0.25, 0.3) is 0 Å². The molecule has 1 amide bonds. The lowest BCUT2D eigenvalue weighted by Gasteiger charge is -2.27. The maximum absolute atomic E-state index is 11.9. The molecule has 1 aromatic rings. The minimum Gasteiger partial charge on any atom is -0.342 e. The summed E-state index contributed by atoms with van der Waals surface area (Å²) in [5, 5.41) is 3.27. The second kappa shape index (κ2) is 6.71. The molecule has 106 valence electrons. The van der Waals surface area contributed by atoms with E-state index in [0.29, 0.717) is 6.54 Å². The van der Waals surface area contributed by atoms with E-state index in [9.17, 15) is 4.79 Å². The minimum absolute atomic E-state index is 0.0257. The molecule has 0 aliphatic rings. The third kappa shape index (κ3) is 4.67. The first-order chi connectivity index (χ1) is 8.84. The maximum atomic E-state index is 11.9. The standard InChI is InChI=1S/C16H26N2O/c1-13(2)18(5)15(19)11-17-12-16(3,4)14-9-7-6-8-10-14/h6-10,13,17H,11-12H2,1-5H3. The Bertz CT molecular complexity index is 398. The van der Waals surface area contributed by atoms with Crippen LogP contribution in [0.3, 0.4) is 0 Å². The molecule has 0 heterocycles. The Morgan fingerprint density at radius 3 is 2.37 bits per heavy atom. The van der Waals surface area contributed by atoms with Crippen LogP contribution in [0.4, 0.5) is 0 Å². The molecular weight excluding hydrogens is 236 g/mol. The van der Waals surface area contributed by atoms with Crippen molar-refractivity contribution in [1.82, 2.24) is 10.2 Å². The lowest BCUT2D eigenvalue weighted by molar-refractivity contribution is -0.130. The van der Waals surface area contributed by atoms with Crippen molar-refractivity contribution >= 4 is 5.91 Å². The Labute approximate surface area is 117 Å². The number of likely N-dealkylation sites (N-methyl/N-ethyl adjacent to an activating group) is 1. The van der Waals surface area contributed by atoms with E-state index in [0.717, 1.165) is 6.54 Å². The van der Waals surface area contributed by atoms with Gasteiger partial charge in [0.05, 0.1) is 6.54 Å². The normalized spacial score (nSPS) is 11.7. The van der Waals surface area contributed by atoms with E-state index in [2.05, 4.69) is 43.4 Å². The second-order valence-corrected chi connectivity index (χ2v) is 5.95. The Morgan fingerprint density at radius 1 is 1.26 bits per heavy atom. The van der Waals surface area contributed by atoms with Crippen LogP contribution < -0.4 is 5.32 Å². The summed E-state index contributed by atoms with van der Waals surface area (Å²) in [6, 6.07) is 10.6. The van der Waals surface area contributed by atoms with Gasteiger partial charge >= 0.3 is 0 Å². The molecule has 1 N–H and O–H groups in total. The molecule has 1 aromatic carbocycles. The zero-order valence-corrected chi connectivity index (χ0v) is 12.7. The summed E-state index contributed by atoms with van der Waals surface area (Å²) < 4.78 is 0. The average Bonchev–Trinajstić information content (AvgIpc) is 2.38. The fraction of sp³-hybridized carbons (Fsp3) is 0.562. The SMILES string of the molecule is CC(C)N(C)C(=O)CNCC(C)(C)c1ccccc1. The van der Waals surface area contributed by atoms with Gasteiger partial charge in [-0.05, 0) is 19.4 Å². The number of nitrogens with zero attached hydrogens (tertiary/aromatic N) is 1. The van der Waals surface area contributed by atoms with E-state index in [4.69, 9.17) is 0 Å². The van der Waals surface area contributed by atoms with E-state index >= 15 is 0 Å². The molecule has 0 aromatic heterocycles. The highest BCUT2D eigenvalue weighted by atomic mass is 16.2. The monoisotopic (exact) mass is 262 g/mol. The first-order valence-electron chi connectivity index (χ1n) is 6.86. The highest BCUT2D eigenvalue weighted by Crippen LogP contribution is 2.21. The number of carbonyl (C=O) groups is 1. The number of amides is 1. The first kappa shape index (κ1) is 15.7. The van der Waals surface area contributed by atoms with Gasteiger partial charge in [-0.15, -0.1) is 0 Å². The zero-order chi connectivity index (χ0) is 14.5. The van der Waals surface area contributed by atoms with Gasteiger partial charge in [-0.3, -0.25) is 4.79 Å². The third-order valence-corrected chi connectivity index (χ3v) is 3.57. The molecule has 19 heavy (non-hydrogen) atoms. The Morgan fingerprint density at radius 2 is 1.84 bits per heavy atom. The fourth-order valence-electron chi connectivity index (χ4n) is 1.89. The van der Waals surface area contributed by atoms with Crippen molar-refractivity contribution in [3.63, 3.8) is 0 Å². The van der Waals surface area contributed by atoms with Gasteiger partial charge < -0.3 is 10.2 Å². The molecule has 0 spiro atoms. The predicted molar refractivity (Wildman–Crippen MR) is 80.2 cm³/mol. The molecule has 0 aliphatic carbocycles. The summed E-state index contributed by atoms with van der Waals surface area (Å²) in [6.45, 7) is 9.59. The molecule has 1 rings (SSSR count). The van der Waals surface area contributed by atoms with Crippen LogP contribution in [0.2, 0.25) is 0 Å². The molecule has 0 saturated carbocycles. The van der Waals surface area contributed by atoms with Crippen LogP contribution in [0.1, 0.15) is 33.3 Å². The van der Waals surface area contributed by atoms with E-state index in [1.165, 1.54) is 5.56 Å². The van der Waals surface area contributed by atoms with Gasteiger partial charge in [0.2, 0.25) is 5.91 Å². The molecular formula is C16H26N2O. The Hall–Kier alpha value is -1.35. The van der Waals surface area contributed by atoms with Gasteiger partial charge in [0.1, 0.15) is 0 Å². The van der Waals surface area contributed by atoms with E-state index < -0.39 is 0 Å². The molecule has 0 saturated heterocycles. The average molecular weight is 262 g/mol. The lowest BCUT2D eigenvalue weighted by Crippen LogP contribution is -2.42. The van der Waals surface area contributed by atoms with Crippen LogP contribution in [0, 0.1) is 0 Å². The van der Waals surface area contributed by atoms with Crippen molar-refractivity contribution in [2.45, 2.75) is 39.2 Å². The van der Waals surface area contributed by atoms with Gasteiger partial charge in [0.25, 0.3) is 0 Å². The van der Waals surface area contributed by atoms with Crippen molar-refractivity contribution in [3.8, 4) is 0 Å². The Balaban J connectivity index is 2.47. The summed E-state index contributed by atoms with van der Waals surface area (Å²) in [6.07, 6.45) is 0. The molecule has 0 fully saturated rings. The van der Waals surface area contributed by atoms with Crippen LogP contribution in [0.15, 0.2) is 30.3 Å². The van der Waals surface area contributed by atoms with Gasteiger partial charge in [-0.2, -0.15) is 0 Å². The van der Waals surface area contributed by atoms with Crippen molar-refractivity contribution in [2.75, 3.05) is 20.1 Å². The van der Waals surface area contributed by atoms with E-state index in [1.54, 1.807) is 4.90 Å². The number of rotatable bonds is 6. The van der Waals surface area contributed by atoms with Gasteiger partial charge in [-0.1, -0.05) is 44.2 Å². The van der Waals surface area contributed by atoms with Crippen LogP contribution in [-0.4, -0.2) is 37.0 Å². The van der Waals surface area contributed by atoms with E-state index in [1.807, 2.05) is 27.0 Å². The van der Waals surface area contributed by atoms with Crippen LogP contribution >= 0.6 is 0 Å².